The molecule has 0 bridgehead atoms. The van der Waals surface area contributed by atoms with Crippen molar-refractivity contribution in [2.75, 3.05) is 23.8 Å². The maximum absolute atomic E-state index is 12.0. The lowest BCUT2D eigenvalue weighted by atomic mass is 10.2. The number of rotatable bonds is 4. The van der Waals surface area contributed by atoms with Crippen LogP contribution in [0, 0.1) is 0 Å². The normalized spacial score (nSPS) is 13.4. The Morgan fingerprint density at radius 2 is 2.10 bits per heavy atom. The van der Waals surface area contributed by atoms with E-state index in [-0.39, 0.29) is 5.91 Å². The molecule has 0 unspecified atom stereocenters. The minimum absolute atomic E-state index is 0.0726. The fourth-order valence-corrected chi connectivity index (χ4v) is 2.60. The van der Waals surface area contributed by atoms with Gasteiger partial charge in [0, 0.05) is 22.5 Å². The summed E-state index contributed by atoms with van der Waals surface area (Å²) in [6.07, 6.45) is 0.421. The minimum atomic E-state index is 0.0726. The lowest BCUT2D eigenvalue weighted by molar-refractivity contribution is -0.117. The van der Waals surface area contributed by atoms with E-state index in [2.05, 4.69) is 0 Å². The summed E-state index contributed by atoms with van der Waals surface area (Å²) in [7, 11) is 0. The highest BCUT2D eigenvalue weighted by atomic mass is 35.5. The number of nitrogen functional groups attached to an aromatic ring is 1. The second-order valence-electron chi connectivity index (χ2n) is 4.92. The largest absolute Gasteiger partial charge is 0.492 e. The topological polar surface area (TPSA) is 55.6 Å². The summed E-state index contributed by atoms with van der Waals surface area (Å²) in [5, 5.41) is 0.630. The van der Waals surface area contributed by atoms with E-state index in [4.69, 9.17) is 22.1 Å². The van der Waals surface area contributed by atoms with Crippen LogP contribution in [0.4, 0.5) is 11.4 Å². The Morgan fingerprint density at radius 1 is 1.24 bits per heavy atom. The number of ether oxygens (including phenoxy) is 1. The predicted octanol–water partition coefficient (Wildman–Crippen LogP) is 2.89. The van der Waals surface area contributed by atoms with Crippen molar-refractivity contribution in [2.24, 2.45) is 0 Å². The SMILES string of the molecule is Nc1cccc(OCCN2C(=O)Cc3ccc(Cl)cc32)c1. The maximum Gasteiger partial charge on any atom is 0.231 e. The minimum Gasteiger partial charge on any atom is -0.492 e. The van der Waals surface area contributed by atoms with Crippen LogP contribution in [0.2, 0.25) is 5.02 Å². The fourth-order valence-electron chi connectivity index (χ4n) is 2.43. The number of nitrogens with zero attached hydrogens (tertiary/aromatic N) is 1. The average Bonchev–Trinajstić information content (AvgIpc) is 2.75. The zero-order valence-corrected chi connectivity index (χ0v) is 12.1. The molecule has 0 saturated heterocycles. The van der Waals surface area contributed by atoms with Crippen LogP contribution in [0.1, 0.15) is 5.56 Å². The molecule has 2 aromatic rings. The van der Waals surface area contributed by atoms with Crippen LogP contribution in [-0.2, 0) is 11.2 Å². The van der Waals surface area contributed by atoms with Crippen molar-refractivity contribution in [2.45, 2.75) is 6.42 Å². The highest BCUT2D eigenvalue weighted by molar-refractivity contribution is 6.31. The number of nitrogens with two attached hydrogens (primary N) is 1. The standard InChI is InChI=1S/C16H15ClN2O2/c17-12-5-4-11-8-16(20)19(15(11)9-12)6-7-21-14-3-1-2-13(18)10-14/h1-5,9-10H,6-8,18H2. The van der Waals surface area contributed by atoms with E-state index in [0.717, 1.165) is 11.3 Å². The van der Waals surface area contributed by atoms with Gasteiger partial charge in [0.2, 0.25) is 5.91 Å². The molecule has 0 fully saturated rings. The Hall–Kier alpha value is -2.20. The molecule has 0 aliphatic carbocycles. The van der Waals surface area contributed by atoms with Gasteiger partial charge in [-0.15, -0.1) is 0 Å². The number of fused-ring (bicyclic) bond motifs is 1. The first-order valence-electron chi connectivity index (χ1n) is 6.70. The second kappa shape index (κ2) is 5.66. The van der Waals surface area contributed by atoms with Crippen LogP contribution in [0.3, 0.4) is 0 Å². The van der Waals surface area contributed by atoms with Gasteiger partial charge in [-0.1, -0.05) is 23.7 Å². The van der Waals surface area contributed by atoms with Gasteiger partial charge in [0.25, 0.3) is 0 Å². The Morgan fingerprint density at radius 3 is 2.90 bits per heavy atom. The zero-order valence-electron chi connectivity index (χ0n) is 11.4. The van der Waals surface area contributed by atoms with E-state index >= 15 is 0 Å². The smallest absolute Gasteiger partial charge is 0.231 e. The summed E-state index contributed by atoms with van der Waals surface area (Å²) in [4.78, 5) is 13.8. The molecule has 5 heteroatoms. The van der Waals surface area contributed by atoms with E-state index in [9.17, 15) is 4.79 Å². The summed E-state index contributed by atoms with van der Waals surface area (Å²) in [5.41, 5.74) is 8.24. The summed E-state index contributed by atoms with van der Waals surface area (Å²) in [6.45, 7) is 0.891. The number of hydrogen-bond acceptors (Lipinski definition) is 3. The summed E-state index contributed by atoms with van der Waals surface area (Å²) in [5.74, 6) is 0.774. The van der Waals surface area contributed by atoms with E-state index in [0.29, 0.717) is 36.0 Å². The molecule has 4 nitrogen and oxygen atoms in total. The molecule has 0 atom stereocenters. The summed E-state index contributed by atoms with van der Waals surface area (Å²) in [6, 6.07) is 12.8. The number of hydrogen-bond donors (Lipinski definition) is 1. The van der Waals surface area contributed by atoms with Crippen molar-refractivity contribution in [1.82, 2.24) is 0 Å². The van der Waals surface area contributed by atoms with Crippen LogP contribution in [-0.4, -0.2) is 19.1 Å². The number of halogens is 1. The van der Waals surface area contributed by atoms with Crippen molar-refractivity contribution in [1.29, 1.82) is 0 Å². The van der Waals surface area contributed by atoms with Gasteiger partial charge >= 0.3 is 0 Å². The number of anilines is 2. The van der Waals surface area contributed by atoms with Gasteiger partial charge in [-0.25, -0.2) is 0 Å². The van der Waals surface area contributed by atoms with Crippen LogP contribution >= 0.6 is 11.6 Å². The number of carbonyl (C=O) groups is 1. The molecule has 1 aliphatic heterocycles. The van der Waals surface area contributed by atoms with Crippen LogP contribution in [0.5, 0.6) is 5.75 Å². The Balaban J connectivity index is 1.66. The van der Waals surface area contributed by atoms with Crippen LogP contribution < -0.4 is 15.4 Å². The highest BCUT2D eigenvalue weighted by Crippen LogP contribution is 2.31. The Bertz CT molecular complexity index is 688. The monoisotopic (exact) mass is 302 g/mol. The Kier molecular flexibility index (Phi) is 3.71. The van der Waals surface area contributed by atoms with Gasteiger partial charge in [0.1, 0.15) is 12.4 Å². The lowest BCUT2D eigenvalue weighted by Gasteiger charge is -2.18. The molecule has 0 spiro atoms. The molecule has 21 heavy (non-hydrogen) atoms. The predicted molar refractivity (Wildman–Crippen MR) is 83.9 cm³/mol. The van der Waals surface area contributed by atoms with Crippen LogP contribution in [0.15, 0.2) is 42.5 Å². The molecule has 3 rings (SSSR count). The quantitative estimate of drug-likeness (QED) is 0.884. The van der Waals surface area contributed by atoms with Crippen molar-refractivity contribution < 1.29 is 9.53 Å². The molecule has 2 aromatic carbocycles. The third-order valence-electron chi connectivity index (χ3n) is 3.42. The van der Waals surface area contributed by atoms with E-state index < -0.39 is 0 Å². The lowest BCUT2D eigenvalue weighted by Crippen LogP contribution is -2.31. The number of carbonyl (C=O) groups excluding carboxylic acids is 1. The van der Waals surface area contributed by atoms with Gasteiger partial charge in [0.05, 0.1) is 13.0 Å². The summed E-state index contributed by atoms with van der Waals surface area (Å²) >= 11 is 6.00. The van der Waals surface area contributed by atoms with Crippen molar-refractivity contribution in [3.63, 3.8) is 0 Å². The zero-order chi connectivity index (χ0) is 14.8. The molecular formula is C16H15ClN2O2. The molecule has 1 aliphatic rings. The van der Waals surface area contributed by atoms with Crippen molar-refractivity contribution >= 4 is 28.9 Å². The van der Waals surface area contributed by atoms with Crippen molar-refractivity contribution in [3.05, 3.63) is 53.1 Å². The third kappa shape index (κ3) is 2.95. The molecule has 1 heterocycles. The molecule has 1 amide bonds. The van der Waals surface area contributed by atoms with Gasteiger partial charge in [-0.05, 0) is 29.8 Å². The number of amides is 1. The van der Waals surface area contributed by atoms with Gasteiger partial charge in [-0.2, -0.15) is 0 Å². The third-order valence-corrected chi connectivity index (χ3v) is 3.66. The van der Waals surface area contributed by atoms with E-state index in [1.165, 1.54) is 0 Å². The first-order valence-corrected chi connectivity index (χ1v) is 7.08. The first-order chi connectivity index (χ1) is 10.1. The molecule has 0 aromatic heterocycles. The highest BCUT2D eigenvalue weighted by Gasteiger charge is 2.26. The summed E-state index contributed by atoms with van der Waals surface area (Å²) < 4.78 is 5.64. The molecule has 2 N–H and O–H groups in total. The van der Waals surface area contributed by atoms with Gasteiger partial charge in [0.15, 0.2) is 0 Å². The Labute approximate surface area is 128 Å². The molecular weight excluding hydrogens is 288 g/mol. The maximum atomic E-state index is 12.0. The molecule has 0 radical (unpaired) electrons. The molecule has 0 saturated carbocycles. The average molecular weight is 303 g/mol. The second-order valence-corrected chi connectivity index (χ2v) is 5.35. The van der Waals surface area contributed by atoms with Gasteiger partial charge < -0.3 is 15.4 Å². The van der Waals surface area contributed by atoms with Crippen LogP contribution in [0.25, 0.3) is 0 Å². The number of benzene rings is 2. The van der Waals surface area contributed by atoms with Crippen molar-refractivity contribution in [3.8, 4) is 5.75 Å². The fraction of sp³-hybridized carbons (Fsp3) is 0.188. The van der Waals surface area contributed by atoms with Gasteiger partial charge in [-0.3, -0.25) is 4.79 Å². The van der Waals surface area contributed by atoms with E-state index in [1.54, 1.807) is 23.1 Å². The van der Waals surface area contributed by atoms with E-state index in [1.807, 2.05) is 24.3 Å². The molecule has 108 valence electrons. The first kappa shape index (κ1) is 13.8.